The number of halogens is 2. The maximum atomic E-state index is 11.7. The molecule has 0 N–H and O–H groups in total. The first-order chi connectivity index (χ1) is 7.21. The fourth-order valence-corrected chi connectivity index (χ4v) is 2.26. The van der Waals surface area contributed by atoms with Crippen LogP contribution in [-0.2, 0) is 5.33 Å². The predicted molar refractivity (Wildman–Crippen MR) is 70.5 cm³/mol. The van der Waals surface area contributed by atoms with Crippen LogP contribution in [0, 0.1) is 0 Å². The zero-order chi connectivity index (χ0) is 11.3. The van der Waals surface area contributed by atoms with E-state index in [2.05, 4.69) is 22.0 Å². The number of hydrogen-bond acceptors (Lipinski definition) is 2. The maximum absolute atomic E-state index is 11.7. The molecule has 0 saturated heterocycles. The Kier molecular flexibility index (Phi) is 5.72. The zero-order valence-electron chi connectivity index (χ0n) is 8.43. The summed E-state index contributed by atoms with van der Waals surface area (Å²) in [7, 11) is 0. The molecule has 0 unspecified atom stereocenters. The number of carbonyl (C=O) groups excluding carboxylic acids is 1. The molecule has 1 nitrogen and oxygen atoms in total. The predicted octanol–water partition coefficient (Wildman–Crippen LogP) is 4.12. The lowest BCUT2D eigenvalue weighted by Gasteiger charge is -2.05. The molecule has 0 fully saturated rings. The lowest BCUT2D eigenvalue weighted by molar-refractivity contribution is 0.0989. The number of rotatable bonds is 5. The van der Waals surface area contributed by atoms with Crippen LogP contribution in [0.25, 0.3) is 0 Å². The van der Waals surface area contributed by atoms with Crippen molar-refractivity contribution in [2.75, 3.05) is 12.1 Å². The van der Waals surface area contributed by atoms with Crippen molar-refractivity contribution in [1.82, 2.24) is 0 Å². The van der Waals surface area contributed by atoms with Crippen molar-refractivity contribution in [3.63, 3.8) is 0 Å². The van der Waals surface area contributed by atoms with E-state index in [1.165, 1.54) is 0 Å². The fraction of sp³-hybridized carbons (Fsp3) is 0.364. The molecule has 0 atom stereocenters. The van der Waals surface area contributed by atoms with E-state index in [0.717, 1.165) is 21.4 Å². The van der Waals surface area contributed by atoms with Crippen LogP contribution in [0.15, 0.2) is 23.1 Å². The smallest absolute Gasteiger partial charge is 0.164 e. The van der Waals surface area contributed by atoms with Gasteiger partial charge in [0, 0.05) is 28.1 Å². The van der Waals surface area contributed by atoms with Crippen LogP contribution in [0.4, 0.5) is 0 Å². The van der Waals surface area contributed by atoms with Crippen molar-refractivity contribution < 1.29 is 4.79 Å². The van der Waals surface area contributed by atoms with Crippen LogP contribution in [0.1, 0.15) is 22.3 Å². The SMILES string of the molecule is CSc1cc(CBr)cc(C(=O)CCCl)c1. The molecule has 0 radical (unpaired) electrons. The second-order valence-corrected chi connectivity index (χ2v) is 4.88. The minimum Gasteiger partial charge on any atom is -0.294 e. The molecule has 0 aliphatic rings. The van der Waals surface area contributed by atoms with E-state index in [1.54, 1.807) is 11.8 Å². The highest BCUT2D eigenvalue weighted by Crippen LogP contribution is 2.21. The first-order valence-corrected chi connectivity index (χ1v) is 7.42. The van der Waals surface area contributed by atoms with Crippen molar-refractivity contribution in [3.05, 3.63) is 29.3 Å². The molecule has 0 amide bonds. The molecule has 82 valence electrons. The van der Waals surface area contributed by atoms with Crippen molar-refractivity contribution in [2.45, 2.75) is 16.6 Å². The molecule has 0 saturated carbocycles. The van der Waals surface area contributed by atoms with Crippen LogP contribution in [-0.4, -0.2) is 17.9 Å². The van der Waals surface area contributed by atoms with E-state index in [4.69, 9.17) is 11.6 Å². The topological polar surface area (TPSA) is 17.1 Å². The quantitative estimate of drug-likeness (QED) is 0.462. The number of benzene rings is 1. The summed E-state index contributed by atoms with van der Waals surface area (Å²) in [6.45, 7) is 0. The first-order valence-electron chi connectivity index (χ1n) is 4.54. The van der Waals surface area contributed by atoms with Gasteiger partial charge in [-0.15, -0.1) is 23.4 Å². The molecule has 0 aliphatic carbocycles. The van der Waals surface area contributed by atoms with Gasteiger partial charge in [-0.25, -0.2) is 0 Å². The summed E-state index contributed by atoms with van der Waals surface area (Å²) in [5.41, 5.74) is 1.89. The number of alkyl halides is 2. The molecular formula is C11H12BrClOS. The van der Waals surface area contributed by atoms with Gasteiger partial charge in [-0.2, -0.15) is 0 Å². The van der Waals surface area contributed by atoms with Crippen LogP contribution in [0.2, 0.25) is 0 Å². The third-order valence-electron chi connectivity index (χ3n) is 2.00. The Labute approximate surface area is 108 Å². The van der Waals surface area contributed by atoms with E-state index in [0.29, 0.717) is 12.3 Å². The molecule has 4 heteroatoms. The van der Waals surface area contributed by atoms with Gasteiger partial charge in [0.25, 0.3) is 0 Å². The third-order valence-corrected chi connectivity index (χ3v) is 3.54. The van der Waals surface area contributed by atoms with Gasteiger partial charge >= 0.3 is 0 Å². The van der Waals surface area contributed by atoms with E-state index in [1.807, 2.05) is 18.4 Å². The third kappa shape index (κ3) is 3.82. The second kappa shape index (κ2) is 6.56. The van der Waals surface area contributed by atoms with Crippen molar-refractivity contribution in [1.29, 1.82) is 0 Å². The molecule has 0 heterocycles. The van der Waals surface area contributed by atoms with Gasteiger partial charge in [0.2, 0.25) is 0 Å². The summed E-state index contributed by atoms with van der Waals surface area (Å²) < 4.78 is 0. The van der Waals surface area contributed by atoms with Gasteiger partial charge in [-0.05, 0) is 30.0 Å². The van der Waals surface area contributed by atoms with E-state index < -0.39 is 0 Å². The first kappa shape index (κ1) is 13.1. The average Bonchev–Trinajstić information content (AvgIpc) is 2.28. The Bertz CT molecular complexity index is 332. The van der Waals surface area contributed by atoms with E-state index in [-0.39, 0.29) is 5.78 Å². The lowest BCUT2D eigenvalue weighted by atomic mass is 10.1. The Hall–Kier alpha value is 0.01000. The number of Topliss-reactive ketones (excluding diaryl/α,β-unsaturated/α-hetero) is 1. The van der Waals surface area contributed by atoms with Gasteiger partial charge in [0.15, 0.2) is 5.78 Å². The molecule has 1 aromatic carbocycles. The van der Waals surface area contributed by atoms with Crippen LogP contribution in [0.3, 0.4) is 0 Å². The second-order valence-electron chi connectivity index (χ2n) is 3.07. The Morgan fingerprint density at radius 2 is 2.20 bits per heavy atom. The summed E-state index contributed by atoms with van der Waals surface area (Å²) in [5.74, 6) is 0.495. The number of carbonyl (C=O) groups is 1. The minimum atomic E-state index is 0.114. The zero-order valence-corrected chi connectivity index (χ0v) is 11.6. The molecule has 0 bridgehead atoms. The van der Waals surface area contributed by atoms with Crippen LogP contribution >= 0.6 is 39.3 Å². The monoisotopic (exact) mass is 306 g/mol. The molecule has 0 aliphatic heterocycles. The van der Waals surface area contributed by atoms with E-state index in [9.17, 15) is 4.79 Å². The van der Waals surface area contributed by atoms with Crippen molar-refractivity contribution >= 4 is 45.1 Å². The highest BCUT2D eigenvalue weighted by Gasteiger charge is 2.07. The Morgan fingerprint density at radius 3 is 2.73 bits per heavy atom. The van der Waals surface area contributed by atoms with Crippen LogP contribution < -0.4 is 0 Å². The van der Waals surface area contributed by atoms with Gasteiger partial charge < -0.3 is 0 Å². The highest BCUT2D eigenvalue weighted by atomic mass is 79.9. The van der Waals surface area contributed by atoms with Gasteiger partial charge in [-0.3, -0.25) is 4.79 Å². The minimum absolute atomic E-state index is 0.114. The average molecular weight is 308 g/mol. The van der Waals surface area contributed by atoms with Crippen LogP contribution in [0.5, 0.6) is 0 Å². The Balaban J connectivity index is 3.01. The normalized spacial score (nSPS) is 10.3. The standard InChI is InChI=1S/C11H12BrClOS/c1-15-10-5-8(7-12)4-9(6-10)11(14)2-3-13/h4-6H,2-3,7H2,1H3. The summed E-state index contributed by atoms with van der Waals surface area (Å²) >= 11 is 10.6. The number of hydrogen-bond donors (Lipinski definition) is 0. The fourth-order valence-electron chi connectivity index (χ4n) is 1.25. The summed E-state index contributed by atoms with van der Waals surface area (Å²) in [4.78, 5) is 12.8. The summed E-state index contributed by atoms with van der Waals surface area (Å²) in [6.07, 6.45) is 2.41. The largest absolute Gasteiger partial charge is 0.294 e. The molecule has 1 aromatic rings. The molecular weight excluding hydrogens is 296 g/mol. The molecule has 1 rings (SSSR count). The maximum Gasteiger partial charge on any atom is 0.164 e. The molecule has 0 aromatic heterocycles. The highest BCUT2D eigenvalue weighted by molar-refractivity contribution is 9.08. The number of ketones is 1. The summed E-state index contributed by atoms with van der Waals surface area (Å²) in [6, 6.07) is 5.92. The van der Waals surface area contributed by atoms with E-state index >= 15 is 0 Å². The van der Waals surface area contributed by atoms with Crippen molar-refractivity contribution in [3.8, 4) is 0 Å². The lowest BCUT2D eigenvalue weighted by Crippen LogP contribution is -2.00. The Morgan fingerprint density at radius 1 is 1.47 bits per heavy atom. The summed E-state index contributed by atoms with van der Waals surface area (Å²) in [5, 5.41) is 0.766. The van der Waals surface area contributed by atoms with Gasteiger partial charge in [0.05, 0.1) is 0 Å². The van der Waals surface area contributed by atoms with Crippen molar-refractivity contribution in [2.24, 2.45) is 0 Å². The number of thioether (sulfide) groups is 1. The molecule has 0 spiro atoms. The van der Waals surface area contributed by atoms with Gasteiger partial charge in [-0.1, -0.05) is 15.9 Å². The van der Waals surface area contributed by atoms with Gasteiger partial charge in [0.1, 0.15) is 0 Å². The molecule has 15 heavy (non-hydrogen) atoms.